The summed E-state index contributed by atoms with van der Waals surface area (Å²) >= 11 is 1.87. The first-order chi connectivity index (χ1) is 40.2. The fraction of sp³-hybridized carbons (Fsp3) is 0. The number of fused-ring (bicyclic) bond motifs is 18. The van der Waals surface area contributed by atoms with Gasteiger partial charge in [-0.15, -0.1) is 11.3 Å². The Morgan fingerprint density at radius 3 is 1.14 bits per heavy atom. The summed E-state index contributed by atoms with van der Waals surface area (Å²) in [5.41, 5.74) is 6.20. The molecule has 0 N–H and O–H groups in total. The van der Waals surface area contributed by atoms with Crippen molar-refractivity contribution in [3.05, 3.63) is 267 Å². The van der Waals surface area contributed by atoms with Crippen molar-refractivity contribution in [2.75, 3.05) is 4.90 Å². The third kappa shape index (κ3) is 6.23. The fourth-order valence-corrected chi connectivity index (χ4v) is 20.2. The Hall–Kier alpha value is -10.3. The smallest absolute Gasteiger partial charge is 0.241 e. The van der Waals surface area contributed by atoms with E-state index in [-0.39, 0.29) is 0 Å². The third-order valence-corrected chi connectivity index (χ3v) is 23.3. The van der Waals surface area contributed by atoms with Crippen molar-refractivity contribution < 1.29 is 0 Å². The Balaban J connectivity index is 1.02. The molecule has 1 aliphatic heterocycles. The van der Waals surface area contributed by atoms with Crippen molar-refractivity contribution in [2.45, 2.75) is 0 Å². The number of hydrogen-bond donors (Lipinski definition) is 0. The molecule has 18 rings (SSSR count). The van der Waals surface area contributed by atoms with E-state index in [1.807, 2.05) is 11.3 Å². The van der Waals surface area contributed by atoms with Gasteiger partial charge in [-0.3, -0.25) is 14.0 Å². The number of rotatable bonds is 5. The molecular weight excluding hydrogens is 1020 g/mol. The van der Waals surface area contributed by atoms with Gasteiger partial charge in [-0.1, -0.05) is 218 Å². The first kappa shape index (κ1) is 44.7. The molecule has 81 heavy (non-hydrogen) atoms. The molecule has 0 aliphatic carbocycles. The van der Waals surface area contributed by atoms with E-state index in [1.54, 1.807) is 0 Å². The molecule has 0 saturated heterocycles. The first-order valence-electron chi connectivity index (χ1n) is 27.6. The average molecular weight is 1070 g/mol. The van der Waals surface area contributed by atoms with Crippen LogP contribution in [0.5, 0.6) is 0 Å². The number of aromatic nitrogens is 5. The highest BCUT2D eigenvalue weighted by Crippen LogP contribution is 2.47. The summed E-state index contributed by atoms with van der Waals surface area (Å²) in [4.78, 5) is 19.7. The standard InChI is InChI=1S/C73H44N6SSi/c1-3-23-47(24-4-1)81(48-25-5-2-6-26-48)69-40-46-22-8-7-21-45(46)39-65(69)79(66-44-68-60(43-70(66)81)59-41-57-51-29-11-9-27-49(51)50-28-10-12-30-52(50)58(57)42-67(59)80-68)73-75-71(77-61-35-17-13-31-53(61)54-32-14-18-36-62(54)77)74-72(76-73)78-63-37-19-15-33-55(63)56-34-16-20-38-64(56)78/h1-44H. The van der Waals surface area contributed by atoms with Crippen LogP contribution >= 0.6 is 11.3 Å². The molecule has 8 heteroatoms. The molecule has 0 fully saturated rings. The molecule has 5 heterocycles. The minimum absolute atomic E-state index is 0.532. The van der Waals surface area contributed by atoms with Crippen LogP contribution in [0.15, 0.2) is 267 Å². The molecule has 13 aromatic carbocycles. The van der Waals surface area contributed by atoms with Crippen LogP contribution in [0.1, 0.15) is 0 Å². The quantitative estimate of drug-likeness (QED) is 0.127. The van der Waals surface area contributed by atoms with Crippen molar-refractivity contribution in [1.29, 1.82) is 0 Å². The monoisotopic (exact) mass is 1060 g/mol. The number of para-hydroxylation sites is 4. The normalized spacial score (nSPS) is 13.3. The van der Waals surface area contributed by atoms with E-state index >= 15 is 0 Å². The molecule has 0 spiro atoms. The molecule has 1 aliphatic rings. The second kappa shape index (κ2) is 16.9. The minimum atomic E-state index is -3.28. The fourth-order valence-electron chi connectivity index (χ4n) is 14.0. The molecule has 376 valence electrons. The van der Waals surface area contributed by atoms with Crippen LogP contribution in [0.4, 0.5) is 17.3 Å². The number of hydrogen-bond acceptors (Lipinski definition) is 5. The van der Waals surface area contributed by atoms with Crippen LogP contribution in [0, 0.1) is 0 Å². The van der Waals surface area contributed by atoms with Gasteiger partial charge in [0.2, 0.25) is 17.8 Å². The molecule has 0 saturated carbocycles. The van der Waals surface area contributed by atoms with E-state index < -0.39 is 8.07 Å². The van der Waals surface area contributed by atoms with E-state index in [0.717, 1.165) is 60.4 Å². The van der Waals surface area contributed by atoms with Gasteiger partial charge in [-0.05, 0) is 112 Å². The maximum absolute atomic E-state index is 5.83. The van der Waals surface area contributed by atoms with E-state index in [4.69, 9.17) is 15.0 Å². The van der Waals surface area contributed by atoms with Gasteiger partial charge in [0.1, 0.15) is 0 Å². The number of benzene rings is 13. The van der Waals surface area contributed by atoms with E-state index in [1.165, 1.54) is 78.6 Å². The second-order valence-corrected chi connectivity index (χ2v) is 26.3. The zero-order valence-electron chi connectivity index (χ0n) is 43.5. The van der Waals surface area contributed by atoms with Crippen LogP contribution in [0.2, 0.25) is 0 Å². The van der Waals surface area contributed by atoms with Crippen LogP contribution in [-0.4, -0.2) is 32.2 Å². The van der Waals surface area contributed by atoms with Crippen molar-refractivity contribution in [1.82, 2.24) is 24.1 Å². The van der Waals surface area contributed by atoms with Gasteiger partial charge in [-0.2, -0.15) is 15.0 Å². The van der Waals surface area contributed by atoms with Gasteiger partial charge < -0.3 is 0 Å². The van der Waals surface area contributed by atoms with Gasteiger partial charge in [-0.25, -0.2) is 0 Å². The second-order valence-electron chi connectivity index (χ2n) is 21.5. The van der Waals surface area contributed by atoms with E-state index in [0.29, 0.717) is 17.8 Å². The summed E-state index contributed by atoms with van der Waals surface area (Å²) in [5.74, 6) is 1.60. The highest BCUT2D eigenvalue weighted by Gasteiger charge is 2.50. The van der Waals surface area contributed by atoms with Gasteiger partial charge in [0.15, 0.2) is 8.07 Å². The maximum Gasteiger partial charge on any atom is 0.241 e. The van der Waals surface area contributed by atoms with Crippen LogP contribution < -0.4 is 25.6 Å². The highest BCUT2D eigenvalue weighted by molar-refractivity contribution is 7.26. The van der Waals surface area contributed by atoms with Crippen molar-refractivity contribution in [3.63, 3.8) is 0 Å². The molecule has 0 radical (unpaired) electrons. The SMILES string of the molecule is c1ccc([Si]2(c3ccccc3)c3cc4ccccc4cc3N(c3nc(-n4c5ccccc5c5ccccc54)nc(-n4c5ccccc5c5ccccc54)n3)c3cc4sc5cc6c7ccccc7c7ccccc7c6cc5c4cc32)cc1. The Labute approximate surface area is 469 Å². The van der Waals surface area contributed by atoms with E-state index in [9.17, 15) is 0 Å². The van der Waals surface area contributed by atoms with Gasteiger partial charge in [0.05, 0.1) is 33.4 Å². The summed E-state index contributed by atoms with van der Waals surface area (Å²) < 4.78 is 6.92. The molecule has 0 bridgehead atoms. The minimum Gasteiger partial charge on any atom is -0.279 e. The van der Waals surface area contributed by atoms with Gasteiger partial charge in [0.25, 0.3) is 0 Å². The van der Waals surface area contributed by atoms with E-state index in [2.05, 4.69) is 281 Å². The lowest BCUT2D eigenvalue weighted by Crippen LogP contribution is -2.77. The molecular formula is C73H44N6SSi. The Kier molecular flexibility index (Phi) is 9.31. The Morgan fingerprint density at radius 2 is 0.630 bits per heavy atom. The summed E-state index contributed by atoms with van der Waals surface area (Å²) in [6.07, 6.45) is 0. The lowest BCUT2D eigenvalue weighted by atomic mass is 9.93. The topological polar surface area (TPSA) is 51.8 Å². The maximum atomic E-state index is 5.83. The molecule has 0 atom stereocenters. The van der Waals surface area contributed by atoms with Crippen LogP contribution in [0.3, 0.4) is 0 Å². The average Bonchev–Trinajstić information content (AvgIpc) is 4.36. The lowest BCUT2D eigenvalue weighted by molar-refractivity contribution is 0.879. The molecule has 4 aromatic heterocycles. The molecule has 6 nitrogen and oxygen atoms in total. The highest BCUT2D eigenvalue weighted by atomic mass is 32.1. The Morgan fingerprint density at radius 1 is 0.272 bits per heavy atom. The largest absolute Gasteiger partial charge is 0.279 e. The predicted octanol–water partition coefficient (Wildman–Crippen LogP) is 16.2. The molecule has 0 amide bonds. The zero-order valence-corrected chi connectivity index (χ0v) is 45.3. The van der Waals surface area contributed by atoms with Crippen molar-refractivity contribution in [3.8, 4) is 11.9 Å². The summed E-state index contributed by atoms with van der Waals surface area (Å²) in [6, 6.07) is 98.7. The first-order valence-corrected chi connectivity index (χ1v) is 30.4. The number of anilines is 3. The van der Waals surface area contributed by atoms with Crippen molar-refractivity contribution in [2.24, 2.45) is 0 Å². The Bertz CT molecular complexity index is 5230. The molecule has 17 aromatic rings. The van der Waals surface area contributed by atoms with Crippen molar-refractivity contribution >= 4 is 164 Å². The molecule has 0 unspecified atom stereocenters. The lowest BCUT2D eigenvalue weighted by Gasteiger charge is -2.44. The zero-order chi connectivity index (χ0) is 52.9. The summed E-state index contributed by atoms with van der Waals surface area (Å²) in [5, 5.41) is 22.1. The van der Waals surface area contributed by atoms with Crippen LogP contribution in [0.25, 0.3) is 119 Å². The number of nitrogens with zero attached hydrogens (tertiary/aromatic N) is 6. The summed E-state index contributed by atoms with van der Waals surface area (Å²) in [6.45, 7) is 0. The van der Waals surface area contributed by atoms with Gasteiger partial charge >= 0.3 is 0 Å². The summed E-state index contributed by atoms with van der Waals surface area (Å²) in [7, 11) is -3.28. The third-order valence-electron chi connectivity index (χ3n) is 17.4. The predicted molar refractivity (Wildman–Crippen MR) is 343 cm³/mol. The van der Waals surface area contributed by atoms with Crippen LogP contribution in [-0.2, 0) is 0 Å². The number of thiophene rings is 1. The van der Waals surface area contributed by atoms with Gasteiger partial charge in [0, 0.05) is 41.7 Å².